The highest BCUT2D eigenvalue weighted by Gasteiger charge is 2.33. The molecule has 2 aromatic carbocycles. The summed E-state index contributed by atoms with van der Waals surface area (Å²) in [4.78, 5) is 25.9. The molecular formula is C20H16NO4S2-. The first-order valence-electron chi connectivity index (χ1n) is 8.23. The number of aromatic carboxylic acids is 1. The van der Waals surface area contributed by atoms with Gasteiger partial charge in [0.05, 0.1) is 23.2 Å². The molecule has 1 heterocycles. The summed E-state index contributed by atoms with van der Waals surface area (Å²) < 4.78 is 5.76. The van der Waals surface area contributed by atoms with Crippen molar-refractivity contribution in [3.8, 4) is 5.75 Å². The minimum absolute atomic E-state index is 0.0389. The Morgan fingerprint density at radius 3 is 2.59 bits per heavy atom. The Kier molecular flexibility index (Phi) is 5.62. The average molecular weight is 398 g/mol. The zero-order valence-corrected chi connectivity index (χ0v) is 16.4. The van der Waals surface area contributed by atoms with Crippen molar-refractivity contribution in [2.45, 2.75) is 13.8 Å². The van der Waals surface area contributed by atoms with Gasteiger partial charge in [-0.05, 0) is 55.3 Å². The number of hydrogen-bond acceptors (Lipinski definition) is 6. The number of carbonyl (C=O) groups is 2. The summed E-state index contributed by atoms with van der Waals surface area (Å²) in [5.74, 6) is -0.812. The Hall–Kier alpha value is -2.64. The molecule has 0 aliphatic carbocycles. The second-order valence-corrected chi connectivity index (χ2v) is 7.48. The summed E-state index contributed by atoms with van der Waals surface area (Å²) in [6, 6.07) is 12.1. The van der Waals surface area contributed by atoms with Crippen LogP contribution in [-0.4, -0.2) is 22.8 Å². The highest BCUT2D eigenvalue weighted by molar-refractivity contribution is 8.27. The normalized spacial score (nSPS) is 15.5. The number of thioether (sulfide) groups is 1. The Balaban J connectivity index is 1.89. The van der Waals surface area contributed by atoms with Crippen LogP contribution in [0.15, 0.2) is 47.4 Å². The minimum atomic E-state index is -1.29. The van der Waals surface area contributed by atoms with E-state index in [1.165, 1.54) is 22.7 Å². The van der Waals surface area contributed by atoms with Gasteiger partial charge in [-0.25, -0.2) is 0 Å². The third-order valence-corrected chi connectivity index (χ3v) is 5.28. The largest absolute Gasteiger partial charge is 0.545 e. The smallest absolute Gasteiger partial charge is 0.270 e. The van der Waals surface area contributed by atoms with Crippen LogP contribution in [0.4, 0.5) is 5.69 Å². The molecule has 0 aromatic heterocycles. The summed E-state index contributed by atoms with van der Waals surface area (Å²) in [5, 5.41) is 11.3. The zero-order valence-electron chi connectivity index (χ0n) is 14.7. The molecule has 2 aromatic rings. The molecule has 1 aliphatic heterocycles. The molecule has 1 aliphatic rings. The molecule has 27 heavy (non-hydrogen) atoms. The molecule has 1 amide bonds. The second kappa shape index (κ2) is 7.94. The van der Waals surface area contributed by atoms with Crippen LogP contribution in [0.25, 0.3) is 6.08 Å². The maximum absolute atomic E-state index is 12.8. The van der Waals surface area contributed by atoms with Gasteiger partial charge in [-0.15, -0.1) is 0 Å². The lowest BCUT2D eigenvalue weighted by Crippen LogP contribution is -2.29. The molecule has 0 bridgehead atoms. The van der Waals surface area contributed by atoms with Gasteiger partial charge in [0.2, 0.25) is 0 Å². The predicted molar refractivity (Wildman–Crippen MR) is 109 cm³/mol. The number of carboxylic acid groups (broad SMARTS) is 1. The molecule has 138 valence electrons. The van der Waals surface area contributed by atoms with Crippen molar-refractivity contribution in [2.75, 3.05) is 11.5 Å². The topological polar surface area (TPSA) is 69.7 Å². The molecule has 5 nitrogen and oxygen atoms in total. The molecule has 0 unspecified atom stereocenters. The number of thiocarbonyl (C=S) groups is 1. The van der Waals surface area contributed by atoms with Crippen molar-refractivity contribution in [1.29, 1.82) is 0 Å². The number of nitrogens with zero attached hydrogens (tertiary/aromatic N) is 1. The lowest BCUT2D eigenvalue weighted by molar-refractivity contribution is -0.255. The van der Waals surface area contributed by atoms with E-state index in [2.05, 4.69) is 0 Å². The highest BCUT2D eigenvalue weighted by Crippen LogP contribution is 2.36. The number of carbonyl (C=O) groups excluding carboxylic acids is 2. The second-order valence-electron chi connectivity index (χ2n) is 5.81. The van der Waals surface area contributed by atoms with E-state index in [0.29, 0.717) is 27.1 Å². The number of amides is 1. The van der Waals surface area contributed by atoms with E-state index >= 15 is 0 Å². The number of aryl methyl sites for hydroxylation is 1. The lowest BCUT2D eigenvalue weighted by Gasteiger charge is -2.17. The molecule has 0 N–H and O–H groups in total. The van der Waals surface area contributed by atoms with Gasteiger partial charge in [0, 0.05) is 5.56 Å². The van der Waals surface area contributed by atoms with E-state index in [-0.39, 0.29) is 11.5 Å². The van der Waals surface area contributed by atoms with Crippen LogP contribution < -0.4 is 14.7 Å². The van der Waals surface area contributed by atoms with E-state index in [9.17, 15) is 14.7 Å². The van der Waals surface area contributed by atoms with Gasteiger partial charge in [-0.2, -0.15) is 0 Å². The van der Waals surface area contributed by atoms with Gasteiger partial charge < -0.3 is 14.6 Å². The molecule has 1 saturated heterocycles. The van der Waals surface area contributed by atoms with Crippen LogP contribution in [0.1, 0.15) is 28.4 Å². The summed E-state index contributed by atoms with van der Waals surface area (Å²) in [6.07, 6.45) is 1.75. The number of anilines is 1. The van der Waals surface area contributed by atoms with Gasteiger partial charge in [-0.3, -0.25) is 9.69 Å². The van der Waals surface area contributed by atoms with Crippen molar-refractivity contribution >= 4 is 51.9 Å². The Morgan fingerprint density at radius 2 is 1.96 bits per heavy atom. The van der Waals surface area contributed by atoms with E-state index in [1.807, 2.05) is 31.2 Å². The van der Waals surface area contributed by atoms with Crippen molar-refractivity contribution in [2.24, 2.45) is 0 Å². The first kappa shape index (κ1) is 19.1. The predicted octanol–water partition coefficient (Wildman–Crippen LogP) is 3.16. The van der Waals surface area contributed by atoms with Crippen molar-refractivity contribution in [3.63, 3.8) is 0 Å². The lowest BCUT2D eigenvalue weighted by atomic mass is 10.1. The minimum Gasteiger partial charge on any atom is -0.545 e. The monoisotopic (exact) mass is 398 g/mol. The van der Waals surface area contributed by atoms with Crippen molar-refractivity contribution in [1.82, 2.24) is 0 Å². The fraction of sp³-hybridized carbons (Fsp3) is 0.150. The summed E-state index contributed by atoms with van der Waals surface area (Å²) >= 11 is 6.51. The Morgan fingerprint density at radius 1 is 1.26 bits per heavy atom. The Bertz CT molecular complexity index is 951. The number of rotatable bonds is 5. The van der Waals surface area contributed by atoms with Crippen LogP contribution in [0.2, 0.25) is 0 Å². The van der Waals surface area contributed by atoms with Gasteiger partial charge >= 0.3 is 0 Å². The molecular weight excluding hydrogens is 382 g/mol. The van der Waals surface area contributed by atoms with Gasteiger partial charge in [-0.1, -0.05) is 42.2 Å². The third-order valence-electron chi connectivity index (χ3n) is 3.98. The fourth-order valence-corrected chi connectivity index (χ4v) is 3.94. The van der Waals surface area contributed by atoms with Crippen molar-refractivity contribution < 1.29 is 19.4 Å². The van der Waals surface area contributed by atoms with Crippen LogP contribution in [-0.2, 0) is 4.79 Å². The maximum atomic E-state index is 12.8. The third kappa shape index (κ3) is 4.04. The maximum Gasteiger partial charge on any atom is 0.270 e. The van der Waals surface area contributed by atoms with Crippen LogP contribution in [0.3, 0.4) is 0 Å². The SMILES string of the molecule is CCOc1ccc(/C=C2\SC(=S)N(c3ccc(C)c(C(=O)[O-])c3)C2=O)cc1. The molecule has 0 saturated carbocycles. The first-order valence-corrected chi connectivity index (χ1v) is 9.46. The fourth-order valence-electron chi connectivity index (χ4n) is 2.64. The standard InChI is InChI=1S/C20H17NO4S2/c1-3-25-15-8-5-13(6-9-15)10-17-18(22)21(20(26)27-17)14-7-4-12(2)16(11-14)19(23)24/h4-11H,3H2,1-2H3,(H,23,24)/p-1/b17-10-. The number of benzene rings is 2. The summed E-state index contributed by atoms with van der Waals surface area (Å²) in [7, 11) is 0. The summed E-state index contributed by atoms with van der Waals surface area (Å²) in [6.45, 7) is 4.17. The molecule has 7 heteroatoms. The zero-order chi connectivity index (χ0) is 19.6. The van der Waals surface area contributed by atoms with Crippen molar-refractivity contribution in [3.05, 3.63) is 64.1 Å². The molecule has 0 radical (unpaired) electrons. The molecule has 0 spiro atoms. The Labute approximate surface area is 166 Å². The molecule has 0 atom stereocenters. The number of ether oxygens (including phenoxy) is 1. The molecule has 1 fully saturated rings. The van der Waals surface area contributed by atoms with Crippen LogP contribution in [0.5, 0.6) is 5.75 Å². The van der Waals surface area contributed by atoms with Crippen LogP contribution >= 0.6 is 24.0 Å². The summed E-state index contributed by atoms with van der Waals surface area (Å²) in [5.41, 5.74) is 1.86. The van der Waals surface area contributed by atoms with E-state index in [4.69, 9.17) is 17.0 Å². The average Bonchev–Trinajstić information content (AvgIpc) is 2.91. The van der Waals surface area contributed by atoms with E-state index in [0.717, 1.165) is 11.3 Å². The number of carboxylic acids is 1. The highest BCUT2D eigenvalue weighted by atomic mass is 32.2. The molecule has 3 rings (SSSR count). The first-order chi connectivity index (χ1) is 12.9. The number of hydrogen-bond donors (Lipinski definition) is 0. The van der Waals surface area contributed by atoms with Gasteiger partial charge in [0.25, 0.3) is 5.91 Å². The quantitative estimate of drug-likeness (QED) is 0.569. The van der Waals surface area contributed by atoms with Gasteiger partial charge in [0.15, 0.2) is 4.32 Å². The van der Waals surface area contributed by atoms with E-state index in [1.54, 1.807) is 25.1 Å². The van der Waals surface area contributed by atoms with Crippen LogP contribution in [0, 0.1) is 6.92 Å². The van der Waals surface area contributed by atoms with Gasteiger partial charge in [0.1, 0.15) is 5.75 Å². The van der Waals surface area contributed by atoms with E-state index < -0.39 is 5.97 Å².